The lowest BCUT2D eigenvalue weighted by Gasteiger charge is -1.97. The van der Waals surface area contributed by atoms with Gasteiger partial charge in [0.25, 0.3) is 10.0 Å². The summed E-state index contributed by atoms with van der Waals surface area (Å²) in [5, 5.41) is 10.8. The Morgan fingerprint density at radius 3 is 2.47 bits per heavy atom. The topological polar surface area (TPSA) is 128 Å². The standard InChI is InChI=1S/C6H6N6O2S/c7-15(13,14)5-2-8-4(1-9-5)6-10-3-11-12-6/h1-3H,(H2,7,13,14)(H,10,11,12). The van der Waals surface area contributed by atoms with Gasteiger partial charge in [0, 0.05) is 0 Å². The Morgan fingerprint density at radius 1 is 1.20 bits per heavy atom. The van der Waals surface area contributed by atoms with Crippen molar-refractivity contribution in [3.05, 3.63) is 18.7 Å². The van der Waals surface area contributed by atoms with Crippen LogP contribution in [0.4, 0.5) is 0 Å². The predicted molar refractivity (Wildman–Crippen MR) is 48.8 cm³/mol. The van der Waals surface area contributed by atoms with Crippen LogP contribution in [0.3, 0.4) is 0 Å². The molecular weight excluding hydrogens is 220 g/mol. The zero-order valence-electron chi connectivity index (χ0n) is 7.32. The number of nitrogens with two attached hydrogens (primary N) is 1. The number of aromatic nitrogens is 5. The quantitative estimate of drug-likeness (QED) is 0.669. The molecule has 0 radical (unpaired) electrons. The Morgan fingerprint density at radius 2 is 2.00 bits per heavy atom. The molecule has 8 nitrogen and oxygen atoms in total. The van der Waals surface area contributed by atoms with Crippen LogP contribution in [0.5, 0.6) is 0 Å². The minimum Gasteiger partial charge on any atom is -0.258 e. The Bertz CT molecular complexity index is 546. The molecule has 0 atom stereocenters. The molecule has 0 amide bonds. The van der Waals surface area contributed by atoms with Crippen molar-refractivity contribution < 1.29 is 8.42 Å². The molecule has 0 saturated carbocycles. The minimum atomic E-state index is -3.81. The molecule has 0 bridgehead atoms. The monoisotopic (exact) mass is 226 g/mol. The highest BCUT2D eigenvalue weighted by Crippen LogP contribution is 2.09. The summed E-state index contributed by atoms with van der Waals surface area (Å²) in [5.41, 5.74) is 0.389. The highest BCUT2D eigenvalue weighted by atomic mass is 32.2. The van der Waals surface area contributed by atoms with E-state index in [4.69, 9.17) is 5.14 Å². The highest BCUT2D eigenvalue weighted by Gasteiger charge is 2.11. The van der Waals surface area contributed by atoms with Gasteiger partial charge in [0.2, 0.25) is 0 Å². The van der Waals surface area contributed by atoms with Crippen molar-refractivity contribution in [3.63, 3.8) is 0 Å². The van der Waals surface area contributed by atoms with Gasteiger partial charge >= 0.3 is 0 Å². The van der Waals surface area contributed by atoms with E-state index in [2.05, 4.69) is 25.1 Å². The van der Waals surface area contributed by atoms with E-state index in [1.807, 2.05) is 0 Å². The maximum Gasteiger partial charge on any atom is 0.257 e. The lowest BCUT2D eigenvalue weighted by atomic mass is 10.4. The molecule has 0 saturated heterocycles. The number of aromatic amines is 1. The molecule has 0 aliphatic carbocycles. The van der Waals surface area contributed by atoms with Crippen molar-refractivity contribution in [1.29, 1.82) is 0 Å². The summed E-state index contributed by atoms with van der Waals surface area (Å²) in [6.45, 7) is 0. The van der Waals surface area contributed by atoms with Crippen LogP contribution in [0.15, 0.2) is 23.7 Å². The zero-order valence-corrected chi connectivity index (χ0v) is 8.14. The van der Waals surface area contributed by atoms with Gasteiger partial charge in [-0.15, -0.1) is 0 Å². The minimum absolute atomic E-state index is 0.286. The summed E-state index contributed by atoms with van der Waals surface area (Å²) in [6.07, 6.45) is 3.62. The lowest BCUT2D eigenvalue weighted by Crippen LogP contribution is -2.14. The number of rotatable bonds is 2. The van der Waals surface area contributed by atoms with Gasteiger partial charge in [0.15, 0.2) is 10.9 Å². The van der Waals surface area contributed by atoms with E-state index in [-0.39, 0.29) is 5.03 Å². The number of H-pyrrole nitrogens is 1. The fourth-order valence-electron chi connectivity index (χ4n) is 0.914. The van der Waals surface area contributed by atoms with Crippen molar-refractivity contribution in [1.82, 2.24) is 25.1 Å². The molecule has 2 aromatic rings. The summed E-state index contributed by atoms with van der Waals surface area (Å²) in [4.78, 5) is 11.3. The van der Waals surface area contributed by atoms with Gasteiger partial charge in [0.05, 0.1) is 12.4 Å². The fraction of sp³-hybridized carbons (Fsp3) is 0. The largest absolute Gasteiger partial charge is 0.258 e. The molecule has 0 fully saturated rings. The van der Waals surface area contributed by atoms with Gasteiger partial charge in [-0.2, -0.15) is 5.10 Å². The lowest BCUT2D eigenvalue weighted by molar-refractivity contribution is 0.593. The van der Waals surface area contributed by atoms with Gasteiger partial charge in [-0.3, -0.25) is 5.10 Å². The Labute approximate surface area is 84.6 Å². The molecule has 0 aromatic carbocycles. The van der Waals surface area contributed by atoms with E-state index < -0.39 is 10.0 Å². The first kappa shape index (κ1) is 9.68. The molecule has 0 spiro atoms. The van der Waals surface area contributed by atoms with Crippen LogP contribution in [0, 0.1) is 0 Å². The third-order valence-corrected chi connectivity index (χ3v) is 2.37. The number of hydrogen-bond acceptors (Lipinski definition) is 6. The van der Waals surface area contributed by atoms with E-state index in [9.17, 15) is 8.42 Å². The average Bonchev–Trinajstić information content (AvgIpc) is 2.69. The third kappa shape index (κ3) is 1.97. The fourth-order valence-corrected chi connectivity index (χ4v) is 1.31. The second-order valence-corrected chi connectivity index (χ2v) is 4.13. The van der Waals surface area contributed by atoms with Crippen molar-refractivity contribution >= 4 is 10.0 Å². The first-order valence-corrected chi connectivity index (χ1v) is 5.32. The third-order valence-electron chi connectivity index (χ3n) is 1.58. The van der Waals surface area contributed by atoms with E-state index in [0.717, 1.165) is 6.20 Å². The second-order valence-electron chi connectivity index (χ2n) is 2.62. The van der Waals surface area contributed by atoms with Gasteiger partial charge in [-0.1, -0.05) is 0 Å². The smallest absolute Gasteiger partial charge is 0.257 e. The van der Waals surface area contributed by atoms with Crippen LogP contribution >= 0.6 is 0 Å². The molecule has 2 rings (SSSR count). The molecule has 2 heterocycles. The molecular formula is C6H6N6O2S. The van der Waals surface area contributed by atoms with E-state index in [0.29, 0.717) is 11.5 Å². The zero-order chi connectivity index (χ0) is 10.9. The highest BCUT2D eigenvalue weighted by molar-refractivity contribution is 7.89. The maximum atomic E-state index is 10.9. The molecule has 0 aliphatic heterocycles. The van der Waals surface area contributed by atoms with E-state index in [1.54, 1.807) is 0 Å². The predicted octanol–water partition coefficient (Wildman–Crippen LogP) is -1.09. The van der Waals surface area contributed by atoms with Crippen LogP contribution < -0.4 is 5.14 Å². The first-order chi connectivity index (χ1) is 7.07. The van der Waals surface area contributed by atoms with Crippen molar-refractivity contribution in [2.24, 2.45) is 5.14 Å². The van der Waals surface area contributed by atoms with Crippen molar-refractivity contribution in [2.45, 2.75) is 5.03 Å². The number of nitrogens with one attached hydrogen (secondary N) is 1. The van der Waals surface area contributed by atoms with Gasteiger partial charge in [-0.25, -0.2) is 28.5 Å². The number of sulfonamides is 1. The van der Waals surface area contributed by atoms with Crippen molar-refractivity contribution in [2.75, 3.05) is 0 Å². The number of hydrogen-bond donors (Lipinski definition) is 2. The van der Waals surface area contributed by atoms with Crippen LogP contribution in [-0.2, 0) is 10.0 Å². The molecule has 0 aliphatic rings. The molecule has 0 unspecified atom stereocenters. The summed E-state index contributed by atoms with van der Waals surface area (Å²) < 4.78 is 21.7. The summed E-state index contributed by atoms with van der Waals surface area (Å²) >= 11 is 0. The average molecular weight is 226 g/mol. The van der Waals surface area contributed by atoms with Gasteiger partial charge in [-0.05, 0) is 0 Å². The Kier molecular flexibility index (Phi) is 2.17. The summed E-state index contributed by atoms with van der Waals surface area (Å²) in [6, 6.07) is 0. The van der Waals surface area contributed by atoms with E-state index >= 15 is 0 Å². The first-order valence-electron chi connectivity index (χ1n) is 3.78. The molecule has 15 heavy (non-hydrogen) atoms. The number of primary sulfonamides is 1. The van der Waals surface area contributed by atoms with E-state index in [1.165, 1.54) is 12.5 Å². The number of nitrogens with zero attached hydrogens (tertiary/aromatic N) is 4. The molecule has 9 heteroatoms. The Balaban J connectivity index is 2.42. The van der Waals surface area contributed by atoms with Crippen LogP contribution in [0.1, 0.15) is 0 Å². The Hall–Kier alpha value is -1.87. The molecule has 78 valence electrons. The van der Waals surface area contributed by atoms with Crippen LogP contribution in [0.25, 0.3) is 11.5 Å². The summed E-state index contributed by atoms with van der Waals surface area (Å²) in [5.74, 6) is 0.406. The maximum absolute atomic E-state index is 10.9. The van der Waals surface area contributed by atoms with Gasteiger partial charge < -0.3 is 0 Å². The second kappa shape index (κ2) is 3.37. The van der Waals surface area contributed by atoms with Gasteiger partial charge in [0.1, 0.15) is 12.0 Å². The van der Waals surface area contributed by atoms with Crippen LogP contribution in [0.2, 0.25) is 0 Å². The normalized spacial score (nSPS) is 11.5. The van der Waals surface area contributed by atoms with Crippen molar-refractivity contribution in [3.8, 4) is 11.5 Å². The summed E-state index contributed by atoms with van der Waals surface area (Å²) in [7, 11) is -3.81. The molecule has 2 aromatic heterocycles. The van der Waals surface area contributed by atoms with Crippen LogP contribution in [-0.4, -0.2) is 33.6 Å². The SMILES string of the molecule is NS(=O)(=O)c1cnc(-c2ncn[nH]2)cn1. The molecule has 3 N–H and O–H groups in total.